The van der Waals surface area contributed by atoms with Crippen LogP contribution < -0.4 is 5.32 Å². The maximum absolute atomic E-state index is 3.69. The highest BCUT2D eigenvalue weighted by atomic mass is 14.9. The van der Waals surface area contributed by atoms with Gasteiger partial charge in [-0.2, -0.15) is 0 Å². The first-order chi connectivity index (χ1) is 11.9. The van der Waals surface area contributed by atoms with Gasteiger partial charge in [0.15, 0.2) is 0 Å². The molecule has 0 bridgehead atoms. The molecule has 0 saturated carbocycles. The van der Waals surface area contributed by atoms with Crippen molar-refractivity contribution in [3.8, 4) is 0 Å². The number of benzene rings is 2. The van der Waals surface area contributed by atoms with E-state index in [-0.39, 0.29) is 0 Å². The van der Waals surface area contributed by atoms with Gasteiger partial charge in [-0.25, -0.2) is 0 Å². The Kier molecular flexibility index (Phi) is 4.85. The first-order valence-electron chi connectivity index (χ1n) is 9.15. The lowest BCUT2D eigenvalue weighted by Gasteiger charge is -2.17. The van der Waals surface area contributed by atoms with Crippen LogP contribution in [-0.2, 0) is 6.54 Å². The van der Waals surface area contributed by atoms with Crippen molar-refractivity contribution in [1.29, 1.82) is 0 Å². The molecule has 0 fully saturated rings. The van der Waals surface area contributed by atoms with Crippen LogP contribution in [0.25, 0.3) is 5.57 Å². The van der Waals surface area contributed by atoms with Crippen molar-refractivity contribution in [1.82, 2.24) is 0 Å². The average Bonchev–Trinajstić information content (AvgIpc) is 2.82. The van der Waals surface area contributed by atoms with Crippen LogP contribution in [0.5, 0.6) is 0 Å². The normalized spacial score (nSPS) is 14.5. The van der Waals surface area contributed by atoms with Gasteiger partial charge in [0.25, 0.3) is 0 Å². The quantitative estimate of drug-likeness (QED) is 0.654. The highest BCUT2D eigenvalue weighted by Gasteiger charge is 2.19. The molecular formula is C24H29N. The summed E-state index contributed by atoms with van der Waals surface area (Å²) in [6, 6.07) is 13.3. The van der Waals surface area contributed by atoms with E-state index in [9.17, 15) is 0 Å². The molecule has 25 heavy (non-hydrogen) atoms. The van der Waals surface area contributed by atoms with Gasteiger partial charge in [0.2, 0.25) is 0 Å². The van der Waals surface area contributed by atoms with Gasteiger partial charge in [-0.3, -0.25) is 0 Å². The second-order valence-corrected chi connectivity index (χ2v) is 7.47. The van der Waals surface area contributed by atoms with E-state index in [2.05, 4.69) is 83.3 Å². The average molecular weight is 332 g/mol. The van der Waals surface area contributed by atoms with E-state index in [0.29, 0.717) is 0 Å². The van der Waals surface area contributed by atoms with Crippen LogP contribution in [-0.4, -0.2) is 0 Å². The zero-order chi connectivity index (χ0) is 18.1. The predicted octanol–water partition coefficient (Wildman–Crippen LogP) is 6.74. The third-order valence-electron chi connectivity index (χ3n) is 5.57. The van der Waals surface area contributed by atoms with Crippen LogP contribution >= 0.6 is 0 Å². The van der Waals surface area contributed by atoms with Crippen molar-refractivity contribution >= 4 is 11.3 Å². The SMILES string of the molecule is CC1=C(C)C(C)=C(c2ccccc2CNc2c(C)cc(C)cc2C)C1. The van der Waals surface area contributed by atoms with E-state index >= 15 is 0 Å². The zero-order valence-electron chi connectivity index (χ0n) is 16.4. The molecule has 0 unspecified atom stereocenters. The fraction of sp³-hybridized carbons (Fsp3) is 0.333. The second kappa shape index (κ2) is 6.92. The van der Waals surface area contributed by atoms with Gasteiger partial charge in [0.05, 0.1) is 0 Å². The largest absolute Gasteiger partial charge is 0.381 e. The minimum absolute atomic E-state index is 0.857. The molecule has 1 aliphatic rings. The Morgan fingerprint density at radius 2 is 1.48 bits per heavy atom. The summed E-state index contributed by atoms with van der Waals surface area (Å²) in [5.74, 6) is 0. The smallest absolute Gasteiger partial charge is 0.0407 e. The molecule has 0 aliphatic heterocycles. The molecular weight excluding hydrogens is 302 g/mol. The van der Waals surface area contributed by atoms with Crippen molar-refractivity contribution in [3.05, 3.63) is 80.9 Å². The second-order valence-electron chi connectivity index (χ2n) is 7.47. The van der Waals surface area contributed by atoms with Crippen LogP contribution in [0, 0.1) is 20.8 Å². The molecule has 3 rings (SSSR count). The Morgan fingerprint density at radius 1 is 0.840 bits per heavy atom. The summed E-state index contributed by atoms with van der Waals surface area (Å²) in [4.78, 5) is 0. The molecule has 1 aliphatic carbocycles. The Bertz CT molecular complexity index is 858. The highest BCUT2D eigenvalue weighted by molar-refractivity contribution is 5.79. The van der Waals surface area contributed by atoms with Crippen LogP contribution in [0.15, 0.2) is 53.1 Å². The number of aryl methyl sites for hydroxylation is 3. The molecule has 0 saturated heterocycles. The van der Waals surface area contributed by atoms with E-state index in [1.54, 1.807) is 0 Å². The monoisotopic (exact) mass is 331 g/mol. The molecule has 130 valence electrons. The lowest BCUT2D eigenvalue weighted by atomic mass is 9.95. The van der Waals surface area contributed by atoms with Crippen molar-refractivity contribution in [2.75, 3.05) is 5.32 Å². The predicted molar refractivity (Wildman–Crippen MR) is 110 cm³/mol. The molecule has 0 radical (unpaired) electrons. The number of rotatable bonds is 4. The van der Waals surface area contributed by atoms with Gasteiger partial charge in [-0.05, 0) is 86.9 Å². The maximum Gasteiger partial charge on any atom is 0.0407 e. The van der Waals surface area contributed by atoms with Crippen molar-refractivity contribution in [3.63, 3.8) is 0 Å². The van der Waals surface area contributed by atoms with E-state index in [1.165, 1.54) is 55.8 Å². The molecule has 0 spiro atoms. The molecule has 2 aromatic carbocycles. The van der Waals surface area contributed by atoms with E-state index < -0.39 is 0 Å². The number of anilines is 1. The lowest BCUT2D eigenvalue weighted by Crippen LogP contribution is -2.06. The minimum atomic E-state index is 0.857. The fourth-order valence-electron chi connectivity index (χ4n) is 3.99. The molecule has 1 heteroatoms. The van der Waals surface area contributed by atoms with Crippen molar-refractivity contribution in [2.45, 2.75) is 54.5 Å². The summed E-state index contributed by atoms with van der Waals surface area (Å²) in [5, 5.41) is 3.69. The first-order valence-corrected chi connectivity index (χ1v) is 9.15. The molecule has 0 heterocycles. The summed E-state index contributed by atoms with van der Waals surface area (Å²) >= 11 is 0. The third-order valence-corrected chi connectivity index (χ3v) is 5.57. The van der Waals surface area contributed by atoms with Crippen LogP contribution in [0.3, 0.4) is 0 Å². The van der Waals surface area contributed by atoms with Gasteiger partial charge in [-0.15, -0.1) is 0 Å². The van der Waals surface area contributed by atoms with Gasteiger partial charge in [0, 0.05) is 12.2 Å². The molecule has 0 atom stereocenters. The van der Waals surface area contributed by atoms with Crippen molar-refractivity contribution in [2.24, 2.45) is 0 Å². The first kappa shape index (κ1) is 17.5. The summed E-state index contributed by atoms with van der Waals surface area (Å²) in [6.07, 6.45) is 1.08. The standard InChI is InChI=1S/C24H29N/c1-15-11-17(3)24(18(4)12-15)25-14-21-9-7-8-10-22(21)23-13-16(2)19(5)20(23)6/h7-12,25H,13-14H2,1-6H3. The molecule has 1 N–H and O–H groups in total. The number of hydrogen-bond acceptors (Lipinski definition) is 1. The Hall–Kier alpha value is -2.28. The summed E-state index contributed by atoms with van der Waals surface area (Å²) in [5.41, 5.74) is 13.9. The zero-order valence-corrected chi connectivity index (χ0v) is 16.4. The van der Waals surface area contributed by atoms with Crippen LogP contribution in [0.4, 0.5) is 5.69 Å². The molecule has 1 nitrogen and oxygen atoms in total. The third kappa shape index (κ3) is 3.42. The summed E-state index contributed by atoms with van der Waals surface area (Å²) < 4.78 is 0. The topological polar surface area (TPSA) is 12.0 Å². The minimum Gasteiger partial charge on any atom is -0.381 e. The number of nitrogens with one attached hydrogen (secondary N) is 1. The van der Waals surface area contributed by atoms with E-state index in [1.807, 2.05) is 0 Å². The molecule has 2 aromatic rings. The Morgan fingerprint density at radius 3 is 2.08 bits per heavy atom. The van der Waals surface area contributed by atoms with Gasteiger partial charge in [0.1, 0.15) is 0 Å². The van der Waals surface area contributed by atoms with Gasteiger partial charge in [-0.1, -0.05) is 47.5 Å². The van der Waals surface area contributed by atoms with Gasteiger partial charge >= 0.3 is 0 Å². The number of hydrogen-bond donors (Lipinski definition) is 1. The lowest BCUT2D eigenvalue weighted by molar-refractivity contribution is 1.11. The van der Waals surface area contributed by atoms with E-state index in [0.717, 1.165) is 13.0 Å². The molecule has 0 aromatic heterocycles. The highest BCUT2D eigenvalue weighted by Crippen LogP contribution is 2.39. The Balaban J connectivity index is 1.89. The van der Waals surface area contributed by atoms with E-state index in [4.69, 9.17) is 0 Å². The Labute approximate surface area is 152 Å². The van der Waals surface area contributed by atoms with Crippen LogP contribution in [0.2, 0.25) is 0 Å². The fourth-order valence-corrected chi connectivity index (χ4v) is 3.99. The van der Waals surface area contributed by atoms with Crippen molar-refractivity contribution < 1.29 is 0 Å². The van der Waals surface area contributed by atoms with Gasteiger partial charge < -0.3 is 5.32 Å². The number of allylic oxidation sites excluding steroid dienone is 4. The summed E-state index contributed by atoms with van der Waals surface area (Å²) in [7, 11) is 0. The maximum atomic E-state index is 3.69. The molecule has 0 amide bonds. The summed E-state index contributed by atoms with van der Waals surface area (Å²) in [6.45, 7) is 14.2. The van der Waals surface area contributed by atoms with Crippen LogP contribution in [0.1, 0.15) is 55.0 Å².